The van der Waals surface area contributed by atoms with Crippen molar-refractivity contribution in [3.63, 3.8) is 0 Å². The van der Waals surface area contributed by atoms with Crippen LogP contribution < -0.4 is 0 Å². The zero-order valence-corrected chi connectivity index (χ0v) is 13.9. The average molecular weight is 306 g/mol. The number of carbonyl (C=O) groups is 2. The quantitative estimate of drug-likeness (QED) is 0.538. The number of rotatable bonds is 6. The number of ketones is 2. The molecule has 0 saturated heterocycles. The van der Waals surface area contributed by atoms with Gasteiger partial charge in [0.1, 0.15) is 0 Å². The molecule has 0 amide bonds. The highest BCUT2D eigenvalue weighted by atomic mass is 16.1. The van der Waals surface area contributed by atoms with E-state index in [1.54, 1.807) is 24.3 Å². The fraction of sp³-hybridized carbons (Fsp3) is 0.238. The van der Waals surface area contributed by atoms with Crippen LogP contribution in [0.4, 0.5) is 0 Å². The summed E-state index contributed by atoms with van der Waals surface area (Å²) >= 11 is 0. The van der Waals surface area contributed by atoms with E-state index in [9.17, 15) is 9.59 Å². The van der Waals surface area contributed by atoms with E-state index in [-0.39, 0.29) is 18.0 Å². The second kappa shape index (κ2) is 7.68. The first-order chi connectivity index (χ1) is 11.0. The van der Waals surface area contributed by atoms with E-state index in [2.05, 4.69) is 19.9 Å². The maximum absolute atomic E-state index is 12.3. The molecule has 2 aromatic rings. The first kappa shape index (κ1) is 16.9. The molecule has 2 rings (SSSR count). The molecule has 118 valence electrons. The normalized spacial score (nSPS) is 11.3. The van der Waals surface area contributed by atoms with Gasteiger partial charge < -0.3 is 0 Å². The Bertz CT molecular complexity index is 719. The minimum Gasteiger partial charge on any atom is -0.294 e. The summed E-state index contributed by atoms with van der Waals surface area (Å²) in [5.41, 5.74) is 4.57. The van der Waals surface area contributed by atoms with Gasteiger partial charge in [-0.3, -0.25) is 9.59 Å². The van der Waals surface area contributed by atoms with Crippen LogP contribution in [0.2, 0.25) is 0 Å². The zero-order valence-electron chi connectivity index (χ0n) is 13.9. The van der Waals surface area contributed by atoms with E-state index in [0.29, 0.717) is 11.1 Å². The summed E-state index contributed by atoms with van der Waals surface area (Å²) in [5, 5.41) is 0. The standard InChI is InChI=1S/C21H22O2/c1-4-5-16(3)17-10-12-19(13-11-17)21(23)14-20(22)18-8-6-15(2)7-9-18/h5-13H,4,14H2,1-3H3/b16-5-. The summed E-state index contributed by atoms with van der Waals surface area (Å²) in [6, 6.07) is 14.8. The van der Waals surface area contributed by atoms with Crippen LogP contribution in [-0.2, 0) is 0 Å². The van der Waals surface area contributed by atoms with Crippen molar-refractivity contribution in [2.24, 2.45) is 0 Å². The Balaban J connectivity index is 2.07. The van der Waals surface area contributed by atoms with Crippen LogP contribution in [0.25, 0.3) is 5.57 Å². The third-order valence-electron chi connectivity index (χ3n) is 3.87. The van der Waals surface area contributed by atoms with Gasteiger partial charge in [-0.1, -0.05) is 67.1 Å². The van der Waals surface area contributed by atoms with E-state index in [1.807, 2.05) is 31.2 Å². The third kappa shape index (κ3) is 4.49. The number of hydrogen-bond acceptors (Lipinski definition) is 2. The van der Waals surface area contributed by atoms with Gasteiger partial charge in [0.15, 0.2) is 11.6 Å². The van der Waals surface area contributed by atoms with Crippen LogP contribution in [0, 0.1) is 6.92 Å². The third-order valence-corrected chi connectivity index (χ3v) is 3.87. The topological polar surface area (TPSA) is 34.1 Å². The minimum atomic E-state index is -0.140. The maximum atomic E-state index is 12.3. The molecule has 0 atom stereocenters. The molecule has 0 N–H and O–H groups in total. The Morgan fingerprint density at radius 3 is 1.74 bits per heavy atom. The van der Waals surface area contributed by atoms with Crippen LogP contribution in [0.5, 0.6) is 0 Å². The molecule has 2 aromatic carbocycles. The molecule has 0 radical (unpaired) electrons. The lowest BCUT2D eigenvalue weighted by atomic mass is 9.98. The minimum absolute atomic E-state index is 0.0911. The van der Waals surface area contributed by atoms with E-state index in [4.69, 9.17) is 0 Å². The summed E-state index contributed by atoms with van der Waals surface area (Å²) in [4.78, 5) is 24.4. The van der Waals surface area contributed by atoms with Crippen LogP contribution in [-0.4, -0.2) is 11.6 Å². The zero-order chi connectivity index (χ0) is 16.8. The molecule has 0 saturated carbocycles. The van der Waals surface area contributed by atoms with Crippen LogP contribution >= 0.6 is 0 Å². The summed E-state index contributed by atoms with van der Waals surface area (Å²) in [6.45, 7) is 6.12. The molecule has 0 heterocycles. The van der Waals surface area contributed by atoms with Gasteiger partial charge in [0.2, 0.25) is 0 Å². The predicted molar refractivity (Wildman–Crippen MR) is 94.8 cm³/mol. The fourth-order valence-corrected chi connectivity index (χ4v) is 2.43. The Morgan fingerprint density at radius 2 is 1.26 bits per heavy atom. The SMILES string of the molecule is CC/C=C(/C)c1ccc(C(=O)CC(=O)c2ccc(C)cc2)cc1. The van der Waals surface area contributed by atoms with Gasteiger partial charge in [-0.2, -0.15) is 0 Å². The van der Waals surface area contributed by atoms with Crippen molar-refractivity contribution in [2.75, 3.05) is 0 Å². The van der Waals surface area contributed by atoms with E-state index in [0.717, 1.165) is 17.5 Å². The largest absolute Gasteiger partial charge is 0.294 e. The Morgan fingerprint density at radius 1 is 0.826 bits per heavy atom. The molecule has 0 spiro atoms. The van der Waals surface area contributed by atoms with Gasteiger partial charge >= 0.3 is 0 Å². The molecule has 2 nitrogen and oxygen atoms in total. The summed E-state index contributed by atoms with van der Waals surface area (Å²) in [6.07, 6.45) is 3.04. The van der Waals surface area contributed by atoms with Crippen LogP contribution in [0.15, 0.2) is 54.6 Å². The maximum Gasteiger partial charge on any atom is 0.170 e. The molecule has 0 unspecified atom stereocenters. The highest BCUT2D eigenvalue weighted by Gasteiger charge is 2.13. The number of allylic oxidation sites excluding steroid dienone is 2. The monoisotopic (exact) mass is 306 g/mol. The predicted octanol–water partition coefficient (Wildman–Crippen LogP) is 5.26. The number of hydrogen-bond donors (Lipinski definition) is 0. The summed E-state index contributed by atoms with van der Waals surface area (Å²) < 4.78 is 0. The molecule has 0 aromatic heterocycles. The van der Waals surface area contributed by atoms with E-state index >= 15 is 0 Å². The summed E-state index contributed by atoms with van der Waals surface area (Å²) in [5.74, 6) is -0.277. The number of Topliss-reactive ketones (excluding diaryl/α,β-unsaturated/α-hetero) is 2. The number of benzene rings is 2. The molecule has 0 aliphatic rings. The van der Waals surface area contributed by atoms with Crippen LogP contribution in [0.1, 0.15) is 58.5 Å². The van der Waals surface area contributed by atoms with Gasteiger partial charge in [-0.25, -0.2) is 0 Å². The number of carbonyl (C=O) groups excluding carboxylic acids is 2. The smallest absolute Gasteiger partial charge is 0.170 e. The highest BCUT2D eigenvalue weighted by molar-refractivity contribution is 6.13. The molecule has 23 heavy (non-hydrogen) atoms. The Labute approximate surface area is 137 Å². The van der Waals surface area contributed by atoms with Gasteiger partial charge in [0.25, 0.3) is 0 Å². The first-order valence-electron chi connectivity index (χ1n) is 7.91. The van der Waals surface area contributed by atoms with E-state index < -0.39 is 0 Å². The van der Waals surface area contributed by atoms with Gasteiger partial charge in [-0.15, -0.1) is 0 Å². The average Bonchev–Trinajstić information content (AvgIpc) is 2.55. The molecular formula is C21H22O2. The van der Waals surface area contributed by atoms with Crippen molar-refractivity contribution in [1.82, 2.24) is 0 Å². The highest BCUT2D eigenvalue weighted by Crippen LogP contribution is 2.17. The van der Waals surface area contributed by atoms with Crippen molar-refractivity contribution in [3.8, 4) is 0 Å². The van der Waals surface area contributed by atoms with Crippen molar-refractivity contribution < 1.29 is 9.59 Å². The van der Waals surface area contributed by atoms with Gasteiger partial charge in [-0.05, 0) is 31.4 Å². The molecule has 0 aliphatic carbocycles. The lowest BCUT2D eigenvalue weighted by Crippen LogP contribution is -2.08. The second-order valence-electron chi connectivity index (χ2n) is 5.76. The second-order valence-corrected chi connectivity index (χ2v) is 5.76. The van der Waals surface area contributed by atoms with E-state index in [1.165, 1.54) is 5.57 Å². The Kier molecular flexibility index (Phi) is 5.64. The molecular weight excluding hydrogens is 284 g/mol. The van der Waals surface area contributed by atoms with Crippen molar-refractivity contribution in [2.45, 2.75) is 33.6 Å². The number of aryl methyl sites for hydroxylation is 1. The lowest BCUT2D eigenvalue weighted by Gasteiger charge is -2.05. The van der Waals surface area contributed by atoms with Gasteiger partial charge in [0.05, 0.1) is 6.42 Å². The van der Waals surface area contributed by atoms with Gasteiger partial charge in [0, 0.05) is 11.1 Å². The fourth-order valence-electron chi connectivity index (χ4n) is 2.43. The Hall–Kier alpha value is -2.48. The van der Waals surface area contributed by atoms with Crippen LogP contribution in [0.3, 0.4) is 0 Å². The first-order valence-corrected chi connectivity index (χ1v) is 7.91. The van der Waals surface area contributed by atoms with Crippen molar-refractivity contribution >= 4 is 17.1 Å². The van der Waals surface area contributed by atoms with Crippen molar-refractivity contribution in [1.29, 1.82) is 0 Å². The molecule has 2 heteroatoms. The van der Waals surface area contributed by atoms with Crippen molar-refractivity contribution in [3.05, 3.63) is 76.9 Å². The molecule has 0 fully saturated rings. The summed E-state index contributed by atoms with van der Waals surface area (Å²) in [7, 11) is 0. The molecule has 0 bridgehead atoms. The lowest BCUT2D eigenvalue weighted by molar-refractivity contribution is 0.0894. The molecule has 0 aliphatic heterocycles.